The molecule has 1 aliphatic rings. The molecule has 0 aromatic heterocycles. The minimum absolute atomic E-state index is 0.00185. The first-order valence-corrected chi connectivity index (χ1v) is 29.6. The largest absolute Gasteiger partial charge is 0.497 e. The van der Waals surface area contributed by atoms with Gasteiger partial charge in [0.2, 0.25) is 0 Å². The van der Waals surface area contributed by atoms with E-state index in [4.69, 9.17) is 27.8 Å². The molecule has 7 rings (SSSR count). The Balaban J connectivity index is 1.45. The van der Waals surface area contributed by atoms with E-state index in [0.29, 0.717) is 6.61 Å². The number of hydrogen-bond acceptors (Lipinski definition) is 7. The van der Waals surface area contributed by atoms with Crippen molar-refractivity contribution in [2.75, 3.05) is 34.5 Å². The highest BCUT2D eigenvalue weighted by Gasteiger charge is 2.59. The predicted octanol–water partition coefficient (Wildman–Crippen LogP) is 13.5. The second-order valence-corrected chi connectivity index (χ2v) is 27.4. The van der Waals surface area contributed by atoms with Crippen LogP contribution in [0.1, 0.15) is 74.9 Å². The Morgan fingerprint density at radius 3 is 1.15 bits per heavy atom. The fraction of sp³-hybridized carbons (Fsp3) is 0.379. The van der Waals surface area contributed by atoms with Gasteiger partial charge in [-0.25, -0.2) is 0 Å². The zero-order chi connectivity index (χ0) is 47.5. The van der Waals surface area contributed by atoms with Gasteiger partial charge in [0.05, 0.1) is 51.7 Å². The van der Waals surface area contributed by atoms with Crippen LogP contribution in [0, 0.1) is 0 Å². The van der Waals surface area contributed by atoms with Gasteiger partial charge in [0, 0.05) is 6.54 Å². The Hall–Kier alpha value is -5.01. The molecule has 0 N–H and O–H groups in total. The van der Waals surface area contributed by atoms with E-state index in [1.807, 2.05) is 24.3 Å². The molecule has 0 aliphatic carbocycles. The highest BCUT2D eigenvalue weighted by Crippen LogP contribution is 2.51. The van der Waals surface area contributed by atoms with Crippen molar-refractivity contribution in [1.29, 1.82) is 0 Å². The van der Waals surface area contributed by atoms with Crippen molar-refractivity contribution < 1.29 is 27.8 Å². The standard InChI is InChI=1S/C58H73NO6Si2/c1-10-66(11-2,12-3)64-55(44-63-58(48-29-23-18-24-30-48,49-33-39-52(61-8)40-34-49)50-35-41-53(62-9)42-36-50)56(65-67(13-4,14-5)15-6)54-43-59(54)57(45-25-19-16-20-26-45,46-27-21-17-22-28-46)47-31-37-51(60-7)38-32-47/h16-42,54-56H,10-15,43-44H2,1-9H3/t54-,55+,56+,59?/m0/s1. The summed E-state index contributed by atoms with van der Waals surface area (Å²) in [6, 6.07) is 64.0. The van der Waals surface area contributed by atoms with Crippen molar-refractivity contribution in [3.63, 3.8) is 0 Å². The molecular weight excluding hydrogens is 863 g/mol. The fourth-order valence-electron chi connectivity index (χ4n) is 10.5. The van der Waals surface area contributed by atoms with Gasteiger partial charge in [-0.2, -0.15) is 0 Å². The van der Waals surface area contributed by atoms with Gasteiger partial charge in [-0.15, -0.1) is 0 Å². The normalized spacial score (nSPS) is 16.3. The third-order valence-corrected chi connectivity index (χ3v) is 24.3. The Morgan fingerprint density at radius 1 is 0.448 bits per heavy atom. The van der Waals surface area contributed by atoms with Crippen LogP contribution in [0.5, 0.6) is 17.2 Å². The lowest BCUT2D eigenvalue weighted by Crippen LogP contribution is -2.55. The van der Waals surface area contributed by atoms with Crippen LogP contribution in [-0.2, 0) is 24.7 Å². The summed E-state index contributed by atoms with van der Waals surface area (Å²) in [5, 5.41) is 0. The summed E-state index contributed by atoms with van der Waals surface area (Å²) < 4.78 is 41.0. The average molecular weight is 936 g/mol. The highest BCUT2D eigenvalue weighted by atomic mass is 28.4. The Morgan fingerprint density at radius 2 is 0.776 bits per heavy atom. The first-order chi connectivity index (χ1) is 32.7. The maximum Gasteiger partial charge on any atom is 0.192 e. The maximum absolute atomic E-state index is 8.03. The Labute approximate surface area is 403 Å². The van der Waals surface area contributed by atoms with Crippen molar-refractivity contribution in [3.8, 4) is 17.2 Å². The van der Waals surface area contributed by atoms with Gasteiger partial charge in [0.25, 0.3) is 0 Å². The molecule has 0 bridgehead atoms. The van der Waals surface area contributed by atoms with E-state index >= 15 is 0 Å². The second-order valence-electron chi connectivity index (χ2n) is 17.9. The van der Waals surface area contributed by atoms with Crippen molar-refractivity contribution >= 4 is 16.6 Å². The molecule has 9 heteroatoms. The van der Waals surface area contributed by atoms with Crippen LogP contribution < -0.4 is 14.2 Å². The molecule has 1 saturated heterocycles. The number of benzene rings is 6. The van der Waals surface area contributed by atoms with Crippen LogP contribution in [0.4, 0.5) is 0 Å². The third-order valence-electron chi connectivity index (χ3n) is 15.0. The van der Waals surface area contributed by atoms with E-state index in [-0.39, 0.29) is 12.1 Å². The molecule has 0 saturated carbocycles. The molecule has 4 atom stereocenters. The molecule has 0 spiro atoms. The zero-order valence-electron chi connectivity index (χ0n) is 41.4. The lowest BCUT2D eigenvalue weighted by Gasteiger charge is -2.44. The average Bonchev–Trinajstić information content (AvgIpc) is 4.21. The Kier molecular flexibility index (Phi) is 16.7. The van der Waals surface area contributed by atoms with Gasteiger partial charge in [-0.3, -0.25) is 4.90 Å². The molecule has 1 aliphatic heterocycles. The molecule has 67 heavy (non-hydrogen) atoms. The summed E-state index contributed by atoms with van der Waals surface area (Å²) in [5.74, 6) is 2.39. The molecule has 7 nitrogen and oxygen atoms in total. The van der Waals surface area contributed by atoms with Crippen LogP contribution in [-0.4, -0.2) is 74.3 Å². The van der Waals surface area contributed by atoms with E-state index in [9.17, 15) is 0 Å². The van der Waals surface area contributed by atoms with Gasteiger partial charge in [-0.05, 0) is 106 Å². The minimum atomic E-state index is -2.31. The predicted molar refractivity (Wildman–Crippen MR) is 279 cm³/mol. The SMILES string of the molecule is CC[Si](CC)(CC)O[C@@H]([C@@H](COC(c1ccccc1)(c1ccc(OC)cc1)c1ccc(OC)cc1)O[Si](CC)(CC)CC)[C@@H]1CN1C(c1ccccc1)(c1ccccc1)c1ccc(OC)cc1. The van der Waals surface area contributed by atoms with Gasteiger partial charge >= 0.3 is 0 Å². The zero-order valence-corrected chi connectivity index (χ0v) is 43.4. The molecule has 1 heterocycles. The molecular formula is C58H73NO6Si2. The summed E-state index contributed by atoms with van der Waals surface area (Å²) in [5.41, 5.74) is 4.91. The van der Waals surface area contributed by atoms with Crippen molar-refractivity contribution in [3.05, 3.63) is 197 Å². The van der Waals surface area contributed by atoms with E-state index in [2.05, 4.69) is 186 Å². The maximum atomic E-state index is 8.03. The fourth-order valence-corrected chi connectivity index (χ4v) is 16.2. The molecule has 354 valence electrons. The number of rotatable bonds is 25. The van der Waals surface area contributed by atoms with Crippen molar-refractivity contribution in [2.24, 2.45) is 0 Å². The minimum Gasteiger partial charge on any atom is -0.497 e. The first kappa shape index (κ1) is 49.9. The molecule has 6 aromatic carbocycles. The van der Waals surface area contributed by atoms with Gasteiger partial charge < -0.3 is 27.8 Å². The topological polar surface area (TPSA) is 58.4 Å². The number of ether oxygens (including phenoxy) is 4. The summed E-state index contributed by atoms with van der Waals surface area (Å²) >= 11 is 0. The van der Waals surface area contributed by atoms with Gasteiger partial charge in [-0.1, -0.05) is 169 Å². The number of nitrogens with zero attached hydrogens (tertiary/aromatic N) is 1. The molecule has 6 aromatic rings. The molecule has 0 amide bonds. The van der Waals surface area contributed by atoms with E-state index in [1.54, 1.807) is 21.3 Å². The van der Waals surface area contributed by atoms with Crippen LogP contribution >= 0.6 is 0 Å². The molecule has 1 fully saturated rings. The third kappa shape index (κ3) is 10.1. The summed E-state index contributed by atoms with van der Waals surface area (Å²) in [7, 11) is 0.549. The number of methoxy groups -OCH3 is 3. The van der Waals surface area contributed by atoms with Crippen molar-refractivity contribution in [1.82, 2.24) is 4.90 Å². The molecule has 0 radical (unpaired) electrons. The van der Waals surface area contributed by atoms with Gasteiger partial charge in [0.1, 0.15) is 22.8 Å². The van der Waals surface area contributed by atoms with E-state index in [1.165, 1.54) is 16.7 Å². The van der Waals surface area contributed by atoms with Crippen LogP contribution in [0.15, 0.2) is 164 Å². The lowest BCUT2D eigenvalue weighted by atomic mass is 9.76. The van der Waals surface area contributed by atoms with E-state index in [0.717, 1.165) is 76.7 Å². The smallest absolute Gasteiger partial charge is 0.192 e. The number of hydrogen-bond donors (Lipinski definition) is 0. The Bertz CT molecular complexity index is 2290. The monoisotopic (exact) mass is 935 g/mol. The highest BCUT2D eigenvalue weighted by molar-refractivity contribution is 6.74. The summed E-state index contributed by atoms with van der Waals surface area (Å²) in [4.78, 5) is 2.69. The summed E-state index contributed by atoms with van der Waals surface area (Å²) in [6.07, 6.45) is -0.689. The quantitative estimate of drug-likeness (QED) is 0.0322. The van der Waals surface area contributed by atoms with Gasteiger partial charge in [0.15, 0.2) is 16.6 Å². The first-order valence-electron chi connectivity index (χ1n) is 24.6. The second kappa shape index (κ2) is 22.4. The van der Waals surface area contributed by atoms with Crippen molar-refractivity contribution in [2.45, 2.75) is 107 Å². The molecule has 1 unspecified atom stereocenters. The van der Waals surface area contributed by atoms with Crippen LogP contribution in [0.3, 0.4) is 0 Å². The summed E-state index contributed by atoms with van der Waals surface area (Å²) in [6.45, 7) is 15.1. The lowest BCUT2D eigenvalue weighted by molar-refractivity contribution is -0.0717. The van der Waals surface area contributed by atoms with Crippen LogP contribution in [0.25, 0.3) is 0 Å². The van der Waals surface area contributed by atoms with E-state index < -0.39 is 33.9 Å². The van der Waals surface area contributed by atoms with Crippen LogP contribution in [0.2, 0.25) is 36.3 Å².